The van der Waals surface area contributed by atoms with Gasteiger partial charge in [-0.05, 0) is 12.8 Å². The van der Waals surface area contributed by atoms with Crippen molar-refractivity contribution in [2.75, 3.05) is 19.6 Å². The van der Waals surface area contributed by atoms with Gasteiger partial charge >= 0.3 is 0 Å². The van der Waals surface area contributed by atoms with Crippen molar-refractivity contribution < 1.29 is 9.59 Å². The van der Waals surface area contributed by atoms with Crippen molar-refractivity contribution >= 4 is 11.8 Å². The van der Waals surface area contributed by atoms with Gasteiger partial charge in [0, 0.05) is 18.5 Å². The Morgan fingerprint density at radius 3 is 2.20 bits per heavy atom. The van der Waals surface area contributed by atoms with E-state index >= 15 is 0 Å². The van der Waals surface area contributed by atoms with Gasteiger partial charge in [0.25, 0.3) is 0 Å². The van der Waals surface area contributed by atoms with Crippen molar-refractivity contribution in [2.45, 2.75) is 33.6 Å². The molecule has 1 saturated heterocycles. The fraction of sp³-hybridized carbons (Fsp3) is 0.818. The smallest absolute Gasteiger partial charge is 0.241 e. The maximum absolute atomic E-state index is 11.6. The van der Waals surface area contributed by atoms with E-state index in [9.17, 15) is 9.59 Å². The number of amides is 2. The summed E-state index contributed by atoms with van der Waals surface area (Å²) in [6, 6.07) is 0. The lowest BCUT2D eigenvalue weighted by molar-refractivity contribution is -0.134. The molecule has 1 heterocycles. The minimum absolute atomic E-state index is 0.0325. The molecule has 86 valence electrons. The fourth-order valence-electron chi connectivity index (χ4n) is 1.50. The maximum atomic E-state index is 11.6. The summed E-state index contributed by atoms with van der Waals surface area (Å²) in [5.41, 5.74) is -0.425. The summed E-state index contributed by atoms with van der Waals surface area (Å²) in [6.07, 6.45) is 2.16. The molecule has 2 amide bonds. The minimum Gasteiger partial charge on any atom is -0.347 e. The Bertz CT molecular complexity index is 250. The van der Waals surface area contributed by atoms with Gasteiger partial charge in [-0.15, -0.1) is 0 Å². The van der Waals surface area contributed by atoms with Gasteiger partial charge in [-0.3, -0.25) is 9.59 Å². The molecule has 0 unspecified atom stereocenters. The molecule has 1 aliphatic heterocycles. The van der Waals surface area contributed by atoms with Gasteiger partial charge in [0.2, 0.25) is 11.8 Å². The number of hydrogen-bond donors (Lipinski definition) is 1. The highest BCUT2D eigenvalue weighted by molar-refractivity contribution is 5.87. The first kappa shape index (κ1) is 12.0. The molecule has 1 N–H and O–H groups in total. The van der Waals surface area contributed by atoms with Crippen LogP contribution in [-0.4, -0.2) is 36.3 Å². The van der Waals surface area contributed by atoms with Crippen LogP contribution in [0.2, 0.25) is 0 Å². The third-order valence-corrected chi connectivity index (χ3v) is 2.54. The van der Waals surface area contributed by atoms with Crippen molar-refractivity contribution in [3.8, 4) is 0 Å². The van der Waals surface area contributed by atoms with Crippen LogP contribution in [0, 0.1) is 5.41 Å². The standard InChI is InChI=1S/C11H20N2O2/c1-11(2,3)10(15)12-8-9(14)13-6-4-5-7-13/h4-8H2,1-3H3,(H,12,15). The summed E-state index contributed by atoms with van der Waals surface area (Å²) in [6.45, 7) is 7.32. The molecule has 1 fully saturated rings. The van der Waals surface area contributed by atoms with Crippen LogP contribution in [0.15, 0.2) is 0 Å². The van der Waals surface area contributed by atoms with E-state index in [4.69, 9.17) is 0 Å². The molecule has 1 rings (SSSR count). The molecule has 0 atom stereocenters. The number of likely N-dealkylation sites (tertiary alicyclic amines) is 1. The quantitative estimate of drug-likeness (QED) is 0.735. The molecule has 4 heteroatoms. The first-order valence-electron chi connectivity index (χ1n) is 5.47. The topological polar surface area (TPSA) is 49.4 Å². The highest BCUT2D eigenvalue weighted by Gasteiger charge is 2.23. The lowest BCUT2D eigenvalue weighted by atomic mass is 9.96. The second kappa shape index (κ2) is 4.64. The normalized spacial score (nSPS) is 16.6. The Hall–Kier alpha value is -1.06. The summed E-state index contributed by atoms with van der Waals surface area (Å²) >= 11 is 0. The van der Waals surface area contributed by atoms with E-state index in [0.717, 1.165) is 25.9 Å². The lowest BCUT2D eigenvalue weighted by Crippen LogP contribution is -2.42. The lowest BCUT2D eigenvalue weighted by Gasteiger charge is -2.20. The van der Waals surface area contributed by atoms with Gasteiger partial charge in [-0.2, -0.15) is 0 Å². The largest absolute Gasteiger partial charge is 0.347 e. The number of nitrogens with one attached hydrogen (secondary N) is 1. The highest BCUT2D eigenvalue weighted by Crippen LogP contribution is 2.12. The predicted octanol–water partition coefficient (Wildman–Crippen LogP) is 0.771. The van der Waals surface area contributed by atoms with Crippen molar-refractivity contribution in [1.29, 1.82) is 0 Å². The van der Waals surface area contributed by atoms with Crippen molar-refractivity contribution in [2.24, 2.45) is 5.41 Å². The predicted molar refractivity (Wildman–Crippen MR) is 58.3 cm³/mol. The highest BCUT2D eigenvalue weighted by atomic mass is 16.2. The van der Waals surface area contributed by atoms with E-state index in [1.807, 2.05) is 25.7 Å². The van der Waals surface area contributed by atoms with Crippen LogP contribution in [0.4, 0.5) is 0 Å². The Morgan fingerprint density at radius 2 is 1.73 bits per heavy atom. The maximum Gasteiger partial charge on any atom is 0.241 e. The Morgan fingerprint density at radius 1 is 1.20 bits per heavy atom. The fourth-order valence-corrected chi connectivity index (χ4v) is 1.50. The molecule has 4 nitrogen and oxygen atoms in total. The third-order valence-electron chi connectivity index (χ3n) is 2.54. The van der Waals surface area contributed by atoms with Crippen LogP contribution in [-0.2, 0) is 9.59 Å². The van der Waals surface area contributed by atoms with Crippen molar-refractivity contribution in [3.05, 3.63) is 0 Å². The van der Waals surface area contributed by atoms with Gasteiger partial charge in [-0.1, -0.05) is 20.8 Å². The molecule has 0 radical (unpaired) electrons. The first-order chi connectivity index (χ1) is 6.91. The number of rotatable bonds is 2. The number of carbonyl (C=O) groups is 2. The Balaban J connectivity index is 2.30. The Labute approximate surface area is 91.0 Å². The van der Waals surface area contributed by atoms with Gasteiger partial charge in [0.15, 0.2) is 0 Å². The monoisotopic (exact) mass is 212 g/mol. The summed E-state index contributed by atoms with van der Waals surface area (Å²) in [5.74, 6) is -0.0415. The summed E-state index contributed by atoms with van der Waals surface area (Å²) in [4.78, 5) is 24.9. The Kier molecular flexibility index (Phi) is 3.72. The SMILES string of the molecule is CC(C)(C)C(=O)NCC(=O)N1CCCC1. The summed E-state index contributed by atoms with van der Waals surface area (Å²) < 4.78 is 0. The molecule has 0 aromatic carbocycles. The van der Waals surface area contributed by atoms with Gasteiger partial charge in [0.05, 0.1) is 6.54 Å². The second-order valence-corrected chi connectivity index (χ2v) is 5.02. The van der Waals surface area contributed by atoms with Gasteiger partial charge in [-0.25, -0.2) is 0 Å². The summed E-state index contributed by atoms with van der Waals surface area (Å²) in [7, 11) is 0. The first-order valence-corrected chi connectivity index (χ1v) is 5.47. The minimum atomic E-state index is -0.425. The van der Waals surface area contributed by atoms with E-state index in [1.165, 1.54) is 0 Å². The molecule has 0 spiro atoms. The molecular weight excluding hydrogens is 192 g/mol. The zero-order chi connectivity index (χ0) is 11.5. The molecule has 0 aromatic heterocycles. The van der Waals surface area contributed by atoms with E-state index in [1.54, 1.807) is 0 Å². The number of nitrogens with zero attached hydrogens (tertiary/aromatic N) is 1. The van der Waals surface area contributed by atoms with Crippen LogP contribution < -0.4 is 5.32 Å². The van der Waals surface area contributed by atoms with Crippen LogP contribution in [0.25, 0.3) is 0 Å². The molecule has 0 aromatic rings. The third kappa shape index (κ3) is 3.53. The van der Waals surface area contributed by atoms with Crippen LogP contribution >= 0.6 is 0 Å². The molecule has 1 aliphatic rings. The average molecular weight is 212 g/mol. The average Bonchev–Trinajstić information content (AvgIpc) is 2.64. The molecule has 0 saturated carbocycles. The number of hydrogen-bond acceptors (Lipinski definition) is 2. The van der Waals surface area contributed by atoms with E-state index < -0.39 is 5.41 Å². The van der Waals surface area contributed by atoms with Gasteiger partial charge < -0.3 is 10.2 Å². The molecule has 15 heavy (non-hydrogen) atoms. The zero-order valence-electron chi connectivity index (χ0n) is 9.80. The zero-order valence-corrected chi connectivity index (χ0v) is 9.80. The van der Waals surface area contributed by atoms with Crippen LogP contribution in [0.5, 0.6) is 0 Å². The summed E-state index contributed by atoms with van der Waals surface area (Å²) in [5, 5.41) is 2.67. The van der Waals surface area contributed by atoms with E-state index in [-0.39, 0.29) is 18.4 Å². The molecule has 0 aliphatic carbocycles. The number of carbonyl (C=O) groups excluding carboxylic acids is 2. The second-order valence-electron chi connectivity index (χ2n) is 5.02. The van der Waals surface area contributed by atoms with Crippen LogP contribution in [0.1, 0.15) is 33.6 Å². The van der Waals surface area contributed by atoms with Crippen LogP contribution in [0.3, 0.4) is 0 Å². The van der Waals surface area contributed by atoms with Crippen molar-refractivity contribution in [1.82, 2.24) is 10.2 Å². The van der Waals surface area contributed by atoms with E-state index in [2.05, 4.69) is 5.32 Å². The van der Waals surface area contributed by atoms with E-state index in [0.29, 0.717) is 0 Å². The van der Waals surface area contributed by atoms with Gasteiger partial charge in [0.1, 0.15) is 0 Å². The molecule has 0 bridgehead atoms. The van der Waals surface area contributed by atoms with Crippen molar-refractivity contribution in [3.63, 3.8) is 0 Å². The molecular formula is C11H20N2O2.